The number of unbranched alkanes of at least 4 members (excludes halogenated alkanes) is 1. The fraction of sp³-hybridized carbons (Fsp3) is 0.909. The summed E-state index contributed by atoms with van der Waals surface area (Å²) in [6.07, 6.45) is 1.85. The van der Waals surface area contributed by atoms with Crippen LogP contribution in [0.3, 0.4) is 0 Å². The van der Waals surface area contributed by atoms with Gasteiger partial charge in [0.1, 0.15) is 6.10 Å². The van der Waals surface area contributed by atoms with Crippen molar-refractivity contribution in [2.75, 3.05) is 6.61 Å². The lowest BCUT2D eigenvalue weighted by atomic mass is 10.1. The fourth-order valence-corrected chi connectivity index (χ4v) is 1.11. The predicted octanol–water partition coefficient (Wildman–Crippen LogP) is 2.06. The molecule has 0 rings (SSSR count). The monoisotopic (exact) mass is 217 g/mol. The smallest absolute Gasteiger partial charge is 0.407 e. The second-order valence-electron chi connectivity index (χ2n) is 4.73. The van der Waals surface area contributed by atoms with E-state index >= 15 is 0 Å². The number of aliphatic hydroxyl groups excluding tert-OH is 1. The number of alkyl carbamates (subject to hydrolysis) is 1. The van der Waals surface area contributed by atoms with Crippen LogP contribution in [-0.2, 0) is 4.74 Å². The lowest BCUT2D eigenvalue weighted by molar-refractivity contribution is 0.0477. The normalized spacial score (nSPS) is 13.4. The van der Waals surface area contributed by atoms with Crippen LogP contribution in [0.4, 0.5) is 4.79 Å². The molecule has 0 aromatic heterocycles. The highest BCUT2D eigenvalue weighted by atomic mass is 16.6. The predicted molar refractivity (Wildman–Crippen MR) is 59.8 cm³/mol. The minimum absolute atomic E-state index is 0.114. The topological polar surface area (TPSA) is 58.6 Å². The maximum Gasteiger partial charge on any atom is 0.407 e. The Kier molecular flexibility index (Phi) is 6.32. The molecule has 0 bridgehead atoms. The van der Waals surface area contributed by atoms with Gasteiger partial charge in [0.2, 0.25) is 0 Å². The number of amides is 1. The molecule has 2 N–H and O–H groups in total. The second-order valence-corrected chi connectivity index (χ2v) is 4.73. The van der Waals surface area contributed by atoms with Crippen LogP contribution < -0.4 is 5.32 Å². The molecule has 0 heterocycles. The summed E-state index contributed by atoms with van der Waals surface area (Å²) in [6.45, 7) is 7.60. The number of aliphatic hydroxyl groups is 1. The maximum atomic E-state index is 11.3. The summed E-state index contributed by atoms with van der Waals surface area (Å²) >= 11 is 0. The highest BCUT2D eigenvalue weighted by Crippen LogP contribution is 2.06. The van der Waals surface area contributed by atoms with E-state index in [1.165, 1.54) is 0 Å². The summed E-state index contributed by atoms with van der Waals surface area (Å²) in [4.78, 5) is 11.3. The Hall–Kier alpha value is -0.770. The zero-order valence-corrected chi connectivity index (χ0v) is 10.2. The Bertz CT molecular complexity index is 187. The van der Waals surface area contributed by atoms with Gasteiger partial charge in [-0.05, 0) is 33.6 Å². The third-order valence-electron chi connectivity index (χ3n) is 1.83. The van der Waals surface area contributed by atoms with E-state index in [-0.39, 0.29) is 18.2 Å². The van der Waals surface area contributed by atoms with Crippen molar-refractivity contribution in [1.29, 1.82) is 0 Å². The standard InChI is InChI=1S/C11H23NO3/c1-5-6-7-9(8-13)15-10(14)12-11(2,3)4/h9,13H,5-8H2,1-4H3,(H,12,14)/t9-/m0/s1. The van der Waals surface area contributed by atoms with Gasteiger partial charge in [0.15, 0.2) is 0 Å². The average Bonchev–Trinajstić information content (AvgIpc) is 2.09. The number of carbonyl (C=O) groups excluding carboxylic acids is 1. The summed E-state index contributed by atoms with van der Waals surface area (Å²) in [7, 11) is 0. The Morgan fingerprint density at radius 3 is 2.47 bits per heavy atom. The molecule has 90 valence electrons. The largest absolute Gasteiger partial charge is 0.444 e. The molecule has 4 nitrogen and oxygen atoms in total. The molecule has 0 aromatic carbocycles. The zero-order chi connectivity index (χ0) is 11.9. The van der Waals surface area contributed by atoms with Crippen molar-refractivity contribution in [3.63, 3.8) is 0 Å². The molecule has 0 aromatic rings. The summed E-state index contributed by atoms with van der Waals surface area (Å²) in [6, 6.07) is 0. The van der Waals surface area contributed by atoms with E-state index in [0.717, 1.165) is 12.8 Å². The highest BCUT2D eigenvalue weighted by Gasteiger charge is 2.18. The minimum atomic E-state index is -0.461. The van der Waals surface area contributed by atoms with Crippen LogP contribution in [0, 0.1) is 0 Å². The van der Waals surface area contributed by atoms with E-state index in [4.69, 9.17) is 9.84 Å². The van der Waals surface area contributed by atoms with Crippen LogP contribution in [-0.4, -0.2) is 29.4 Å². The number of ether oxygens (including phenoxy) is 1. The number of rotatable bonds is 5. The molecule has 0 unspecified atom stereocenters. The average molecular weight is 217 g/mol. The van der Waals surface area contributed by atoms with Crippen LogP contribution >= 0.6 is 0 Å². The van der Waals surface area contributed by atoms with Gasteiger partial charge in [-0.25, -0.2) is 4.79 Å². The number of nitrogens with one attached hydrogen (secondary N) is 1. The van der Waals surface area contributed by atoms with Gasteiger partial charge >= 0.3 is 6.09 Å². The first-order valence-corrected chi connectivity index (χ1v) is 5.48. The summed E-state index contributed by atoms with van der Waals surface area (Å²) in [5.74, 6) is 0. The van der Waals surface area contributed by atoms with Crippen molar-refractivity contribution in [2.24, 2.45) is 0 Å². The Labute approximate surface area is 92.0 Å². The van der Waals surface area contributed by atoms with E-state index < -0.39 is 6.09 Å². The van der Waals surface area contributed by atoms with Gasteiger partial charge in [-0.2, -0.15) is 0 Å². The van der Waals surface area contributed by atoms with Crippen LogP contribution in [0.5, 0.6) is 0 Å². The summed E-state index contributed by atoms with van der Waals surface area (Å²) < 4.78 is 5.08. The molecule has 0 saturated carbocycles. The molecular weight excluding hydrogens is 194 g/mol. The van der Waals surface area contributed by atoms with Crippen molar-refractivity contribution < 1.29 is 14.6 Å². The van der Waals surface area contributed by atoms with Gasteiger partial charge in [0.05, 0.1) is 6.61 Å². The van der Waals surface area contributed by atoms with E-state index in [9.17, 15) is 4.79 Å². The molecule has 1 amide bonds. The SMILES string of the molecule is CCCC[C@@H](CO)OC(=O)NC(C)(C)C. The molecule has 0 radical (unpaired) electrons. The molecule has 0 spiro atoms. The zero-order valence-electron chi connectivity index (χ0n) is 10.2. The van der Waals surface area contributed by atoms with E-state index in [2.05, 4.69) is 12.2 Å². The summed E-state index contributed by atoms with van der Waals surface area (Å²) in [5.41, 5.74) is -0.304. The molecule has 0 saturated heterocycles. The number of hydrogen-bond donors (Lipinski definition) is 2. The van der Waals surface area contributed by atoms with Crippen LogP contribution in [0.25, 0.3) is 0 Å². The van der Waals surface area contributed by atoms with Crippen molar-refractivity contribution in [2.45, 2.75) is 58.6 Å². The van der Waals surface area contributed by atoms with Crippen LogP contribution in [0.15, 0.2) is 0 Å². The molecule has 4 heteroatoms. The lowest BCUT2D eigenvalue weighted by Gasteiger charge is -2.22. The molecule has 0 fully saturated rings. The Morgan fingerprint density at radius 1 is 1.47 bits per heavy atom. The van der Waals surface area contributed by atoms with Gasteiger partial charge < -0.3 is 15.2 Å². The van der Waals surface area contributed by atoms with Crippen molar-refractivity contribution >= 4 is 6.09 Å². The first-order chi connectivity index (χ1) is 6.89. The Morgan fingerprint density at radius 2 is 2.07 bits per heavy atom. The molecule has 0 aliphatic rings. The van der Waals surface area contributed by atoms with Gasteiger partial charge in [0, 0.05) is 5.54 Å². The van der Waals surface area contributed by atoms with Crippen LogP contribution in [0.1, 0.15) is 47.0 Å². The first kappa shape index (κ1) is 14.2. The first-order valence-electron chi connectivity index (χ1n) is 5.48. The van der Waals surface area contributed by atoms with Crippen molar-refractivity contribution in [3.05, 3.63) is 0 Å². The second kappa shape index (κ2) is 6.67. The Balaban J connectivity index is 3.91. The number of hydrogen-bond acceptors (Lipinski definition) is 3. The minimum Gasteiger partial charge on any atom is -0.444 e. The van der Waals surface area contributed by atoms with Crippen LogP contribution in [0.2, 0.25) is 0 Å². The van der Waals surface area contributed by atoms with Gasteiger partial charge in [-0.3, -0.25) is 0 Å². The quantitative estimate of drug-likeness (QED) is 0.741. The third-order valence-corrected chi connectivity index (χ3v) is 1.83. The van der Waals surface area contributed by atoms with Gasteiger partial charge in [0.25, 0.3) is 0 Å². The molecule has 0 aliphatic heterocycles. The van der Waals surface area contributed by atoms with Gasteiger partial charge in [-0.15, -0.1) is 0 Å². The molecular formula is C11H23NO3. The molecule has 1 atom stereocenters. The summed E-state index contributed by atoms with van der Waals surface area (Å²) in [5, 5.41) is 11.7. The molecule has 15 heavy (non-hydrogen) atoms. The van der Waals surface area contributed by atoms with Crippen molar-refractivity contribution in [3.8, 4) is 0 Å². The third kappa shape index (κ3) is 8.24. The van der Waals surface area contributed by atoms with Gasteiger partial charge in [-0.1, -0.05) is 13.3 Å². The highest BCUT2D eigenvalue weighted by molar-refractivity contribution is 5.68. The van der Waals surface area contributed by atoms with Crippen molar-refractivity contribution in [1.82, 2.24) is 5.32 Å². The lowest BCUT2D eigenvalue weighted by Crippen LogP contribution is -2.42. The fourth-order valence-electron chi connectivity index (χ4n) is 1.11. The van der Waals surface area contributed by atoms with E-state index in [1.54, 1.807) is 0 Å². The van der Waals surface area contributed by atoms with E-state index in [0.29, 0.717) is 6.42 Å². The number of carbonyl (C=O) groups is 1. The maximum absolute atomic E-state index is 11.3. The molecule has 0 aliphatic carbocycles. The van der Waals surface area contributed by atoms with E-state index in [1.807, 2.05) is 20.8 Å².